The Morgan fingerprint density at radius 1 is 0.817 bits per heavy atom. The molecule has 0 aliphatic carbocycles. The second-order valence-corrected chi connectivity index (χ2v) is 24.9. The first-order chi connectivity index (χ1) is 33.2. The van der Waals surface area contributed by atoms with Crippen molar-refractivity contribution in [3.63, 3.8) is 0 Å². The van der Waals surface area contributed by atoms with E-state index in [1.165, 1.54) is 29.6 Å². The minimum atomic E-state index is -4.92. The van der Waals surface area contributed by atoms with Gasteiger partial charge in [0.25, 0.3) is 30.4 Å². The molecule has 0 fully saturated rings. The number of hydrogen-bond acceptors (Lipinski definition) is 11. The molecule has 0 saturated carbocycles. The van der Waals surface area contributed by atoms with E-state index in [0.29, 0.717) is 41.5 Å². The summed E-state index contributed by atoms with van der Waals surface area (Å²) < 4.78 is 135. The largest absolute Gasteiger partial charge is 0.356 e. The minimum absolute atomic E-state index is 0.0731. The molecule has 2 aliphatic rings. The maximum atomic E-state index is 14.2. The van der Waals surface area contributed by atoms with Crippen LogP contribution in [0.3, 0.4) is 0 Å². The van der Waals surface area contributed by atoms with E-state index in [1.807, 2.05) is 81.7 Å². The van der Waals surface area contributed by atoms with Gasteiger partial charge in [-0.05, 0) is 91.4 Å². The van der Waals surface area contributed by atoms with Gasteiger partial charge in [0.2, 0.25) is 21.6 Å². The number of fused-ring (bicyclic) bond motifs is 6. The van der Waals surface area contributed by atoms with E-state index in [1.54, 1.807) is 18.2 Å². The van der Waals surface area contributed by atoms with Crippen LogP contribution in [0.5, 0.6) is 0 Å². The number of nitrogens with zero attached hydrogens (tertiary/aromatic N) is 6. The summed E-state index contributed by atoms with van der Waals surface area (Å²) in [6, 6.07) is 13.8. The number of anilines is 1. The third kappa shape index (κ3) is 11.7. The van der Waals surface area contributed by atoms with Gasteiger partial charge in [-0.15, -0.1) is 0 Å². The average Bonchev–Trinajstić information content (AvgIpc) is 3.64. The Morgan fingerprint density at radius 3 is 2.18 bits per heavy atom. The lowest BCUT2D eigenvalue weighted by molar-refractivity contribution is -0.437. The van der Waals surface area contributed by atoms with Gasteiger partial charge in [-0.3, -0.25) is 18.5 Å². The minimum Gasteiger partial charge on any atom is -0.356 e. The molecule has 2 aliphatic heterocycles. The Hall–Kier alpha value is -5.49. The first kappa shape index (κ1) is 54.8. The molecule has 19 nitrogen and oxygen atoms in total. The number of azide groups is 1. The zero-order valence-electron chi connectivity index (χ0n) is 40.4. The van der Waals surface area contributed by atoms with Crippen molar-refractivity contribution in [2.75, 3.05) is 50.4 Å². The van der Waals surface area contributed by atoms with Crippen LogP contribution in [0, 0.1) is 0 Å². The summed E-state index contributed by atoms with van der Waals surface area (Å²) in [4.78, 5) is 15.9. The third-order valence-electron chi connectivity index (χ3n) is 13.0. The number of hydrogen-bond donors (Lipinski definition) is 4. The van der Waals surface area contributed by atoms with E-state index in [9.17, 15) is 52.1 Å². The SMILES string of the molecule is CCCCN1/C(=C/C=C/C=C/C2=[N+](CCCS(=O)(=O)O)c3ccc4c(S(=O)(=O)N(C)CCCC(=O)NCCCN=[N+]=[N-])cccc4c3C2(C)C)C(C)(C)c2c1ccc1c(S(=O)(=O)O)cc(S(=O)(=O)O)cc21. The summed E-state index contributed by atoms with van der Waals surface area (Å²) in [7, 11) is -16.7. The number of nitrogens with one attached hydrogen (secondary N) is 1. The standard InChI is InChI=1S/C48H59N7O12S4/c1-7-8-28-54-39-24-22-35-37(31-33(70(62,63)64)32-41(35)71(65,66)67)46(39)48(4,5)43(54)19-11-9-10-18-42-47(2,3)45-36-16-12-17-40(34(36)21-23-38(45)55(42)29-15-30-68(57,58)59)69(60,61)53(6)27-13-20-44(56)50-25-14-26-51-52-49/h9-12,16-19,21-24,31-32H,7-8,13-15,20,25-30H2,1-6H3,(H3-,50,56,57,58,59,62,63,64,65,66,67)/p+1. The van der Waals surface area contributed by atoms with E-state index in [-0.39, 0.29) is 60.5 Å². The monoisotopic (exact) mass is 1050 g/mol. The number of carbonyl (C=O) groups excluding carboxylic acids is 1. The highest BCUT2D eigenvalue weighted by Gasteiger charge is 2.46. The van der Waals surface area contributed by atoms with Crippen molar-refractivity contribution < 1.29 is 56.7 Å². The van der Waals surface area contributed by atoms with Crippen molar-refractivity contribution in [3.8, 4) is 0 Å². The molecular weight excluding hydrogens is 995 g/mol. The van der Waals surface area contributed by atoms with E-state index < -0.39 is 66.8 Å². The Bertz CT molecular complexity index is 3410. The van der Waals surface area contributed by atoms with Crippen LogP contribution in [-0.2, 0) is 56.0 Å². The van der Waals surface area contributed by atoms with Gasteiger partial charge in [-0.1, -0.05) is 68.7 Å². The van der Waals surface area contributed by atoms with Gasteiger partial charge >= 0.3 is 0 Å². The van der Waals surface area contributed by atoms with Gasteiger partial charge in [-0.25, -0.2) is 12.7 Å². The average molecular weight is 1060 g/mol. The molecular formula is C48H60N7O12S4+. The predicted octanol–water partition coefficient (Wildman–Crippen LogP) is 7.95. The Morgan fingerprint density at radius 2 is 1.52 bits per heavy atom. The van der Waals surface area contributed by atoms with Gasteiger partial charge in [0.05, 0.1) is 21.0 Å². The lowest BCUT2D eigenvalue weighted by Gasteiger charge is -2.27. The van der Waals surface area contributed by atoms with Crippen LogP contribution < -0.4 is 10.2 Å². The molecule has 4 aromatic rings. The molecule has 71 heavy (non-hydrogen) atoms. The number of amides is 1. The highest BCUT2D eigenvalue weighted by atomic mass is 32.2. The maximum Gasteiger partial charge on any atom is 0.295 e. The fraction of sp³-hybridized carbons (Fsp3) is 0.417. The number of unbranched alkanes of at least 4 members (excludes halogenated alkanes) is 1. The van der Waals surface area contributed by atoms with E-state index in [2.05, 4.69) is 20.2 Å². The maximum absolute atomic E-state index is 14.2. The molecule has 0 radical (unpaired) electrons. The fourth-order valence-corrected chi connectivity index (χ4v) is 12.9. The van der Waals surface area contributed by atoms with Crippen molar-refractivity contribution in [3.05, 3.63) is 112 Å². The summed E-state index contributed by atoms with van der Waals surface area (Å²) in [6.45, 7) is 11.3. The van der Waals surface area contributed by atoms with Crippen molar-refractivity contribution in [1.82, 2.24) is 9.62 Å². The van der Waals surface area contributed by atoms with Crippen LogP contribution in [0.15, 0.2) is 110 Å². The summed E-state index contributed by atoms with van der Waals surface area (Å²) in [6.07, 6.45) is 11.8. The normalized spacial score (nSPS) is 16.5. The molecule has 0 aromatic heterocycles. The summed E-state index contributed by atoms with van der Waals surface area (Å²) in [5.41, 5.74) is 11.2. The Labute approximate surface area is 415 Å². The summed E-state index contributed by atoms with van der Waals surface area (Å²) >= 11 is 0. The highest BCUT2D eigenvalue weighted by Crippen LogP contribution is 2.52. The highest BCUT2D eigenvalue weighted by molar-refractivity contribution is 7.89. The van der Waals surface area contributed by atoms with Gasteiger partial charge < -0.3 is 10.2 Å². The van der Waals surface area contributed by atoms with E-state index in [4.69, 9.17) is 5.53 Å². The molecule has 382 valence electrons. The lowest BCUT2D eigenvalue weighted by atomic mass is 9.79. The van der Waals surface area contributed by atoms with Gasteiger partial charge in [-0.2, -0.15) is 29.8 Å². The zero-order valence-corrected chi connectivity index (χ0v) is 43.7. The number of allylic oxidation sites excluding steroid dienone is 6. The molecule has 23 heteroatoms. The molecule has 4 aromatic carbocycles. The lowest BCUT2D eigenvalue weighted by Crippen LogP contribution is -2.30. The molecule has 0 unspecified atom stereocenters. The van der Waals surface area contributed by atoms with Crippen molar-refractivity contribution in [2.45, 2.75) is 98.7 Å². The third-order valence-corrected chi connectivity index (χ3v) is 17.4. The first-order valence-electron chi connectivity index (χ1n) is 23.0. The van der Waals surface area contributed by atoms with Crippen LogP contribution in [0.4, 0.5) is 11.4 Å². The topological polar surface area (TPSA) is 285 Å². The number of sulfonamides is 1. The predicted molar refractivity (Wildman–Crippen MR) is 274 cm³/mol. The second kappa shape index (κ2) is 21.3. The number of carbonyl (C=O) groups is 1. The molecule has 0 spiro atoms. The first-order valence-corrected chi connectivity index (χ1v) is 28.9. The molecule has 4 N–H and O–H groups in total. The van der Waals surface area contributed by atoms with Crippen LogP contribution >= 0.6 is 0 Å². The van der Waals surface area contributed by atoms with Crippen LogP contribution in [-0.4, -0.2) is 113 Å². The van der Waals surface area contributed by atoms with Crippen LogP contribution in [0.2, 0.25) is 0 Å². The van der Waals surface area contributed by atoms with E-state index >= 15 is 0 Å². The summed E-state index contributed by atoms with van der Waals surface area (Å²) in [5.74, 6) is -0.732. The van der Waals surface area contributed by atoms with Gasteiger partial charge in [0.15, 0.2) is 5.71 Å². The number of rotatable bonds is 22. The molecule has 0 bridgehead atoms. The molecule has 0 atom stereocenters. The molecule has 2 heterocycles. The molecule has 6 rings (SSSR count). The Balaban J connectivity index is 1.34. The van der Waals surface area contributed by atoms with Crippen molar-refractivity contribution >= 4 is 84.9 Å². The van der Waals surface area contributed by atoms with Crippen molar-refractivity contribution in [2.24, 2.45) is 5.11 Å². The molecule has 0 saturated heterocycles. The van der Waals surface area contributed by atoms with Crippen LogP contribution in [0.25, 0.3) is 32.0 Å². The smallest absolute Gasteiger partial charge is 0.295 e. The quantitative estimate of drug-likeness (QED) is 0.0111. The van der Waals surface area contributed by atoms with Gasteiger partial charge in [0.1, 0.15) is 11.4 Å². The summed E-state index contributed by atoms with van der Waals surface area (Å²) in [5, 5.41) is 7.63. The van der Waals surface area contributed by atoms with Crippen LogP contribution in [0.1, 0.15) is 84.3 Å². The Kier molecular flexibility index (Phi) is 16.5. The zero-order chi connectivity index (χ0) is 52.3. The van der Waals surface area contributed by atoms with Gasteiger partial charge in [0, 0.05) is 96.3 Å². The van der Waals surface area contributed by atoms with E-state index in [0.717, 1.165) is 41.6 Å². The fourth-order valence-electron chi connectivity index (χ4n) is 9.64. The van der Waals surface area contributed by atoms with Crippen molar-refractivity contribution in [1.29, 1.82) is 0 Å². The second-order valence-electron chi connectivity index (χ2n) is 18.6. The molecule has 1 amide bonds. The number of benzene rings is 4.